The molecule has 6 heteroatoms. The number of carbonyl (C=O) groups excluding carboxylic acids is 1. The van der Waals surface area contributed by atoms with Crippen LogP contribution in [0.2, 0.25) is 0 Å². The van der Waals surface area contributed by atoms with Gasteiger partial charge in [-0.25, -0.2) is 4.79 Å². The predicted molar refractivity (Wildman–Crippen MR) is 80.2 cm³/mol. The molecule has 0 aromatic carbocycles. The van der Waals surface area contributed by atoms with Crippen molar-refractivity contribution in [3.8, 4) is 0 Å². The Balaban J connectivity index is 1.83. The van der Waals surface area contributed by atoms with Crippen LogP contribution in [0, 0.1) is 5.41 Å². The summed E-state index contributed by atoms with van der Waals surface area (Å²) >= 11 is 0. The molecule has 0 saturated carbocycles. The van der Waals surface area contributed by atoms with E-state index < -0.39 is 11.4 Å². The van der Waals surface area contributed by atoms with Crippen LogP contribution in [0.25, 0.3) is 0 Å². The molecule has 0 aliphatic carbocycles. The lowest BCUT2D eigenvalue weighted by molar-refractivity contribution is -0.148. The van der Waals surface area contributed by atoms with Crippen molar-refractivity contribution in [2.24, 2.45) is 5.41 Å². The highest BCUT2D eigenvalue weighted by Gasteiger charge is 2.44. The van der Waals surface area contributed by atoms with Gasteiger partial charge in [0.25, 0.3) is 0 Å². The first kappa shape index (κ1) is 16.1. The van der Waals surface area contributed by atoms with E-state index in [1.807, 2.05) is 6.92 Å². The predicted octanol–water partition coefficient (Wildman–Crippen LogP) is 1.37. The largest absolute Gasteiger partial charge is 0.481 e. The van der Waals surface area contributed by atoms with E-state index in [1.165, 1.54) is 12.8 Å². The number of hydrogen-bond donors (Lipinski definition) is 2. The summed E-state index contributed by atoms with van der Waals surface area (Å²) < 4.78 is 0. The van der Waals surface area contributed by atoms with Gasteiger partial charge in [-0.15, -0.1) is 0 Å². The molecule has 2 unspecified atom stereocenters. The molecule has 2 N–H and O–H groups in total. The van der Waals surface area contributed by atoms with E-state index in [0.717, 1.165) is 13.0 Å². The zero-order valence-corrected chi connectivity index (χ0v) is 13.1. The van der Waals surface area contributed by atoms with Gasteiger partial charge in [0.05, 0.1) is 5.41 Å². The van der Waals surface area contributed by atoms with Gasteiger partial charge in [0.15, 0.2) is 0 Å². The molecule has 0 aromatic rings. The van der Waals surface area contributed by atoms with Crippen molar-refractivity contribution in [1.29, 1.82) is 0 Å². The van der Waals surface area contributed by atoms with Crippen LogP contribution in [0.5, 0.6) is 0 Å². The summed E-state index contributed by atoms with van der Waals surface area (Å²) in [6.45, 7) is 4.48. The quantitative estimate of drug-likeness (QED) is 0.822. The van der Waals surface area contributed by atoms with Gasteiger partial charge in [0, 0.05) is 25.7 Å². The maximum Gasteiger partial charge on any atom is 0.317 e. The lowest BCUT2D eigenvalue weighted by atomic mass is 9.84. The fourth-order valence-electron chi connectivity index (χ4n) is 3.38. The summed E-state index contributed by atoms with van der Waals surface area (Å²) in [7, 11) is 2.10. The topological polar surface area (TPSA) is 72.9 Å². The van der Waals surface area contributed by atoms with Gasteiger partial charge in [-0.2, -0.15) is 0 Å². The third-order valence-corrected chi connectivity index (χ3v) is 5.18. The molecule has 0 bridgehead atoms. The second kappa shape index (κ2) is 6.64. The van der Waals surface area contributed by atoms with E-state index in [-0.39, 0.29) is 6.03 Å². The molecule has 2 aliphatic heterocycles. The summed E-state index contributed by atoms with van der Waals surface area (Å²) in [5, 5.41) is 12.3. The Bertz CT molecular complexity index is 402. The van der Waals surface area contributed by atoms with Gasteiger partial charge < -0.3 is 20.2 Å². The molecule has 2 saturated heterocycles. The molecule has 6 nitrogen and oxygen atoms in total. The lowest BCUT2D eigenvalue weighted by Crippen LogP contribution is -2.48. The van der Waals surface area contributed by atoms with Crippen molar-refractivity contribution >= 4 is 12.0 Å². The first-order chi connectivity index (χ1) is 9.98. The van der Waals surface area contributed by atoms with E-state index in [4.69, 9.17) is 0 Å². The van der Waals surface area contributed by atoms with Crippen LogP contribution < -0.4 is 5.32 Å². The van der Waals surface area contributed by atoms with Gasteiger partial charge >= 0.3 is 12.0 Å². The maximum absolute atomic E-state index is 12.2. The van der Waals surface area contributed by atoms with Gasteiger partial charge in [-0.3, -0.25) is 4.79 Å². The number of nitrogens with zero attached hydrogens (tertiary/aromatic N) is 2. The highest BCUT2D eigenvalue weighted by molar-refractivity contribution is 5.79. The number of carboxylic acids is 1. The Labute approximate surface area is 126 Å². The van der Waals surface area contributed by atoms with Crippen LogP contribution in [0.4, 0.5) is 4.79 Å². The normalized spacial score (nSPS) is 30.4. The summed E-state index contributed by atoms with van der Waals surface area (Å²) in [5.41, 5.74) is -0.751. The molecule has 21 heavy (non-hydrogen) atoms. The average molecular weight is 297 g/mol. The van der Waals surface area contributed by atoms with Gasteiger partial charge in [-0.1, -0.05) is 13.3 Å². The van der Waals surface area contributed by atoms with Crippen molar-refractivity contribution in [3.63, 3.8) is 0 Å². The number of nitrogens with one attached hydrogen (secondary N) is 1. The lowest BCUT2D eigenvalue weighted by Gasteiger charge is -2.33. The van der Waals surface area contributed by atoms with Crippen LogP contribution in [0.3, 0.4) is 0 Å². The van der Waals surface area contributed by atoms with Crippen LogP contribution in [-0.2, 0) is 4.79 Å². The summed E-state index contributed by atoms with van der Waals surface area (Å²) in [6.07, 6.45) is 4.68. The molecule has 2 rings (SSSR count). The Kier molecular flexibility index (Phi) is 5.08. The average Bonchev–Trinajstić information content (AvgIpc) is 2.92. The Morgan fingerprint density at radius 1 is 1.33 bits per heavy atom. The van der Waals surface area contributed by atoms with Crippen molar-refractivity contribution in [1.82, 2.24) is 15.1 Å². The van der Waals surface area contributed by atoms with Crippen molar-refractivity contribution in [3.05, 3.63) is 0 Å². The van der Waals surface area contributed by atoms with Crippen molar-refractivity contribution in [2.45, 2.75) is 45.1 Å². The molecule has 0 spiro atoms. The third-order valence-electron chi connectivity index (χ3n) is 5.18. The van der Waals surface area contributed by atoms with Gasteiger partial charge in [0.2, 0.25) is 0 Å². The minimum atomic E-state index is -0.785. The molecule has 2 atom stereocenters. The molecule has 120 valence electrons. The molecule has 0 radical (unpaired) electrons. The Morgan fingerprint density at radius 2 is 2.10 bits per heavy atom. The first-order valence-corrected chi connectivity index (χ1v) is 7.95. The molecule has 2 heterocycles. The summed E-state index contributed by atoms with van der Waals surface area (Å²) in [6, 6.07) is 0.284. The van der Waals surface area contributed by atoms with Crippen LogP contribution in [0.1, 0.15) is 39.0 Å². The molecule has 0 aromatic heterocycles. The number of rotatable bonds is 4. The van der Waals surface area contributed by atoms with Gasteiger partial charge in [0.1, 0.15) is 0 Å². The summed E-state index contributed by atoms with van der Waals surface area (Å²) in [4.78, 5) is 27.6. The Morgan fingerprint density at radius 3 is 2.67 bits per heavy atom. The van der Waals surface area contributed by atoms with E-state index in [2.05, 4.69) is 17.3 Å². The van der Waals surface area contributed by atoms with Crippen molar-refractivity contribution in [2.75, 3.05) is 33.2 Å². The number of carboxylic acid groups (broad SMARTS) is 1. The first-order valence-electron chi connectivity index (χ1n) is 7.95. The molecular formula is C15H27N3O3. The van der Waals surface area contributed by atoms with Crippen molar-refractivity contribution < 1.29 is 14.7 Å². The number of likely N-dealkylation sites (N-methyl/N-ethyl adjacent to an activating group) is 1. The summed E-state index contributed by atoms with van der Waals surface area (Å²) in [5.74, 6) is -0.785. The highest BCUT2D eigenvalue weighted by atomic mass is 16.4. The number of likely N-dealkylation sites (tertiary alicyclic amines) is 2. The highest BCUT2D eigenvalue weighted by Crippen LogP contribution is 2.34. The number of piperidine rings is 1. The van der Waals surface area contributed by atoms with Gasteiger partial charge in [-0.05, 0) is 39.3 Å². The number of hydrogen-bond acceptors (Lipinski definition) is 3. The molecule has 2 fully saturated rings. The number of amides is 2. The van der Waals surface area contributed by atoms with E-state index in [9.17, 15) is 14.7 Å². The van der Waals surface area contributed by atoms with E-state index >= 15 is 0 Å². The smallest absolute Gasteiger partial charge is 0.317 e. The molecular weight excluding hydrogens is 270 g/mol. The maximum atomic E-state index is 12.2. The fraction of sp³-hybridized carbons (Fsp3) is 0.867. The van der Waals surface area contributed by atoms with Crippen LogP contribution in [0.15, 0.2) is 0 Å². The SMILES string of the molecule is CCC1(C(=O)O)CCN(C(=O)NCC2CCCCN2C)C1. The number of aliphatic carboxylic acids is 1. The molecule has 2 amide bonds. The zero-order valence-electron chi connectivity index (χ0n) is 13.1. The second-order valence-corrected chi connectivity index (χ2v) is 6.43. The Hall–Kier alpha value is -1.30. The second-order valence-electron chi connectivity index (χ2n) is 6.43. The van der Waals surface area contributed by atoms with Crippen LogP contribution in [-0.4, -0.2) is 66.2 Å². The minimum Gasteiger partial charge on any atom is -0.481 e. The van der Waals surface area contributed by atoms with E-state index in [0.29, 0.717) is 38.5 Å². The fourth-order valence-corrected chi connectivity index (χ4v) is 3.38. The minimum absolute atomic E-state index is 0.120. The monoisotopic (exact) mass is 297 g/mol. The third kappa shape index (κ3) is 3.48. The van der Waals surface area contributed by atoms with E-state index in [1.54, 1.807) is 4.90 Å². The number of carbonyl (C=O) groups is 2. The van der Waals surface area contributed by atoms with Crippen LogP contribution >= 0.6 is 0 Å². The molecule has 2 aliphatic rings. The standard InChI is InChI=1S/C15H27N3O3/c1-3-15(13(19)20)7-9-18(11-15)14(21)16-10-12-6-4-5-8-17(12)2/h12H,3-11H2,1-2H3,(H,16,21)(H,19,20). The zero-order chi connectivity index (χ0) is 15.5. The number of urea groups is 1.